The van der Waals surface area contributed by atoms with E-state index < -0.39 is 0 Å². The van der Waals surface area contributed by atoms with Crippen molar-refractivity contribution in [1.82, 2.24) is 10.3 Å². The average molecular weight is 286 g/mol. The molecule has 1 heterocycles. The minimum atomic E-state index is -0.0684. The second kappa shape index (κ2) is 7.10. The van der Waals surface area contributed by atoms with E-state index in [1.807, 2.05) is 43.3 Å². The molecule has 0 aliphatic carbocycles. The van der Waals surface area contributed by atoms with Gasteiger partial charge >= 0.3 is 0 Å². The molecule has 2 rings (SSSR count). The van der Waals surface area contributed by atoms with E-state index in [0.717, 1.165) is 10.6 Å². The Labute approximate surface area is 123 Å². The first-order valence-electron chi connectivity index (χ1n) is 6.55. The van der Waals surface area contributed by atoms with Crippen LogP contribution in [0.3, 0.4) is 0 Å². The highest BCUT2D eigenvalue weighted by atomic mass is 32.2. The van der Waals surface area contributed by atoms with Gasteiger partial charge in [0, 0.05) is 11.1 Å². The Morgan fingerprint density at radius 2 is 2.00 bits per heavy atom. The molecule has 1 N–H and O–H groups in total. The summed E-state index contributed by atoms with van der Waals surface area (Å²) in [4.78, 5) is 17.3. The van der Waals surface area contributed by atoms with Crippen LogP contribution in [0.25, 0.3) is 0 Å². The summed E-state index contributed by atoms with van der Waals surface area (Å²) in [6.45, 7) is 4.00. The molecular formula is C16H18N2OS. The molecule has 0 aliphatic heterocycles. The van der Waals surface area contributed by atoms with E-state index in [4.69, 9.17) is 0 Å². The molecule has 1 aromatic carbocycles. The van der Waals surface area contributed by atoms with Gasteiger partial charge in [-0.2, -0.15) is 0 Å². The van der Waals surface area contributed by atoms with Crippen LogP contribution in [-0.2, 0) is 4.79 Å². The fraction of sp³-hybridized carbons (Fsp3) is 0.250. The smallest absolute Gasteiger partial charge is 0.230 e. The number of aryl methyl sites for hydroxylation is 1. The number of thioether (sulfide) groups is 1. The number of carbonyl (C=O) groups is 1. The van der Waals surface area contributed by atoms with Crippen molar-refractivity contribution < 1.29 is 4.79 Å². The van der Waals surface area contributed by atoms with Crippen LogP contribution in [0.4, 0.5) is 0 Å². The zero-order valence-electron chi connectivity index (χ0n) is 11.7. The number of hydrogen-bond acceptors (Lipinski definition) is 3. The lowest BCUT2D eigenvalue weighted by Gasteiger charge is -2.13. The van der Waals surface area contributed by atoms with Crippen molar-refractivity contribution in [2.45, 2.75) is 24.8 Å². The number of nitrogens with zero attached hydrogens (tertiary/aromatic N) is 1. The quantitative estimate of drug-likeness (QED) is 0.857. The molecular weight excluding hydrogens is 268 g/mol. The molecule has 0 aliphatic rings. The molecule has 104 valence electrons. The highest BCUT2D eigenvalue weighted by molar-refractivity contribution is 8.00. The monoisotopic (exact) mass is 286 g/mol. The number of aromatic nitrogens is 1. The zero-order valence-corrected chi connectivity index (χ0v) is 12.5. The van der Waals surface area contributed by atoms with Crippen molar-refractivity contribution in [1.29, 1.82) is 0 Å². The summed E-state index contributed by atoms with van der Waals surface area (Å²) in [5.41, 5.74) is 2.07. The van der Waals surface area contributed by atoms with Gasteiger partial charge in [-0.25, -0.2) is 0 Å². The molecule has 0 saturated carbocycles. The van der Waals surface area contributed by atoms with Crippen LogP contribution in [0.1, 0.15) is 24.2 Å². The number of hydrogen-bond donors (Lipinski definition) is 1. The lowest BCUT2D eigenvalue weighted by molar-refractivity contribution is -0.119. The van der Waals surface area contributed by atoms with Crippen molar-refractivity contribution in [2.24, 2.45) is 0 Å². The van der Waals surface area contributed by atoms with Crippen LogP contribution in [-0.4, -0.2) is 16.6 Å². The average Bonchev–Trinajstić information content (AvgIpc) is 2.47. The molecule has 1 atom stereocenters. The van der Waals surface area contributed by atoms with Crippen LogP contribution in [0, 0.1) is 6.92 Å². The largest absolute Gasteiger partial charge is 0.347 e. The topological polar surface area (TPSA) is 42.0 Å². The van der Waals surface area contributed by atoms with E-state index in [9.17, 15) is 4.79 Å². The summed E-state index contributed by atoms with van der Waals surface area (Å²) in [6.07, 6.45) is 1.74. The van der Waals surface area contributed by atoms with Crippen LogP contribution in [0.5, 0.6) is 0 Å². The predicted octanol–water partition coefficient (Wildman–Crippen LogP) is 3.36. The number of amides is 1. The first-order valence-corrected chi connectivity index (χ1v) is 7.54. The minimum absolute atomic E-state index is 0.0245. The maximum Gasteiger partial charge on any atom is 0.230 e. The molecule has 1 unspecified atom stereocenters. The van der Waals surface area contributed by atoms with Crippen LogP contribution >= 0.6 is 11.8 Å². The molecule has 20 heavy (non-hydrogen) atoms. The van der Waals surface area contributed by atoms with Crippen molar-refractivity contribution in [3.05, 3.63) is 59.9 Å². The fourth-order valence-corrected chi connectivity index (χ4v) is 2.69. The molecule has 0 saturated heterocycles. The van der Waals surface area contributed by atoms with Gasteiger partial charge in [-0.15, -0.1) is 11.8 Å². The third kappa shape index (κ3) is 4.10. The molecule has 3 nitrogen and oxygen atoms in total. The summed E-state index contributed by atoms with van der Waals surface area (Å²) in [5.74, 6) is 0.443. The Balaban J connectivity index is 1.86. The van der Waals surface area contributed by atoms with Gasteiger partial charge in [0.2, 0.25) is 5.91 Å². The van der Waals surface area contributed by atoms with Crippen LogP contribution < -0.4 is 5.32 Å². The first kappa shape index (κ1) is 14.6. The van der Waals surface area contributed by atoms with E-state index in [1.54, 1.807) is 18.0 Å². The van der Waals surface area contributed by atoms with Gasteiger partial charge in [0.05, 0.1) is 17.5 Å². The van der Waals surface area contributed by atoms with E-state index in [1.165, 1.54) is 5.56 Å². The molecule has 2 aromatic rings. The molecule has 0 spiro atoms. The van der Waals surface area contributed by atoms with Crippen molar-refractivity contribution >= 4 is 17.7 Å². The van der Waals surface area contributed by atoms with E-state index in [0.29, 0.717) is 5.75 Å². The number of benzene rings is 1. The van der Waals surface area contributed by atoms with E-state index in [2.05, 4.69) is 23.3 Å². The molecule has 1 aromatic heterocycles. The molecule has 0 radical (unpaired) electrons. The number of rotatable bonds is 5. The number of carbonyl (C=O) groups excluding carboxylic acids is 1. The second-order valence-corrected chi connectivity index (χ2v) is 5.62. The predicted molar refractivity (Wildman–Crippen MR) is 82.7 cm³/mol. The Morgan fingerprint density at radius 1 is 1.25 bits per heavy atom. The van der Waals surface area contributed by atoms with Gasteiger partial charge in [-0.05, 0) is 37.6 Å². The summed E-state index contributed by atoms with van der Waals surface area (Å²) in [5, 5.41) is 2.96. The van der Waals surface area contributed by atoms with E-state index >= 15 is 0 Å². The lowest BCUT2D eigenvalue weighted by Crippen LogP contribution is -2.28. The first-order chi connectivity index (χ1) is 9.66. The summed E-state index contributed by atoms with van der Waals surface area (Å²) < 4.78 is 0. The number of pyridine rings is 1. The number of nitrogens with one attached hydrogen (secondary N) is 1. The maximum absolute atomic E-state index is 12.0. The standard InChI is InChI=1S/C16H18N2OS/c1-12-7-3-4-9-15(12)20-11-16(19)18-13(2)14-8-5-6-10-17-14/h3-10,13H,11H2,1-2H3,(H,18,19). The zero-order chi connectivity index (χ0) is 14.4. The van der Waals surface area contributed by atoms with Crippen molar-refractivity contribution in [3.8, 4) is 0 Å². The maximum atomic E-state index is 12.0. The molecule has 4 heteroatoms. The summed E-state index contributed by atoms with van der Waals surface area (Å²) >= 11 is 1.56. The third-order valence-corrected chi connectivity index (χ3v) is 4.14. The summed E-state index contributed by atoms with van der Waals surface area (Å²) in [7, 11) is 0. The van der Waals surface area contributed by atoms with Crippen LogP contribution in [0.2, 0.25) is 0 Å². The van der Waals surface area contributed by atoms with Crippen LogP contribution in [0.15, 0.2) is 53.6 Å². The highest BCUT2D eigenvalue weighted by Crippen LogP contribution is 2.21. The summed E-state index contributed by atoms with van der Waals surface area (Å²) in [6, 6.07) is 13.7. The second-order valence-electron chi connectivity index (χ2n) is 4.60. The Hall–Kier alpha value is -1.81. The highest BCUT2D eigenvalue weighted by Gasteiger charge is 2.10. The van der Waals surface area contributed by atoms with Gasteiger partial charge < -0.3 is 5.32 Å². The Morgan fingerprint density at radius 3 is 2.70 bits per heavy atom. The molecule has 0 bridgehead atoms. The van der Waals surface area contributed by atoms with Gasteiger partial charge in [-0.3, -0.25) is 9.78 Å². The van der Waals surface area contributed by atoms with Crippen molar-refractivity contribution in [3.63, 3.8) is 0 Å². The Kier molecular flexibility index (Phi) is 5.18. The van der Waals surface area contributed by atoms with Crippen molar-refractivity contribution in [2.75, 3.05) is 5.75 Å². The molecule has 0 fully saturated rings. The minimum Gasteiger partial charge on any atom is -0.347 e. The normalized spacial score (nSPS) is 11.9. The SMILES string of the molecule is Cc1ccccc1SCC(=O)NC(C)c1ccccn1. The van der Waals surface area contributed by atoms with Gasteiger partial charge in [0.25, 0.3) is 0 Å². The van der Waals surface area contributed by atoms with Gasteiger partial charge in [-0.1, -0.05) is 24.3 Å². The Bertz CT molecular complexity index is 572. The van der Waals surface area contributed by atoms with E-state index in [-0.39, 0.29) is 11.9 Å². The lowest BCUT2D eigenvalue weighted by atomic mass is 10.2. The fourth-order valence-electron chi connectivity index (χ4n) is 1.85. The third-order valence-electron chi connectivity index (χ3n) is 2.96. The van der Waals surface area contributed by atoms with Gasteiger partial charge in [0.1, 0.15) is 0 Å². The van der Waals surface area contributed by atoms with Gasteiger partial charge in [0.15, 0.2) is 0 Å². The molecule has 1 amide bonds.